The van der Waals surface area contributed by atoms with Gasteiger partial charge in [-0.3, -0.25) is 0 Å². The number of hydrogen-bond acceptors (Lipinski definition) is 4. The minimum absolute atomic E-state index is 0.0282. The fourth-order valence-electron chi connectivity index (χ4n) is 2.45. The zero-order valence-corrected chi connectivity index (χ0v) is 13.0. The van der Waals surface area contributed by atoms with Gasteiger partial charge in [0.15, 0.2) is 0 Å². The SMILES string of the molecule is CNC[C@@H]1C[C@H](F)CN1S(=O)(=O)c1ccc(C#N)cc1Cl. The fourth-order valence-corrected chi connectivity index (χ4v) is 4.63. The first-order valence-corrected chi connectivity index (χ1v) is 8.22. The van der Waals surface area contributed by atoms with Crippen molar-refractivity contribution in [3.63, 3.8) is 0 Å². The maximum Gasteiger partial charge on any atom is 0.244 e. The lowest BCUT2D eigenvalue weighted by Gasteiger charge is -2.24. The molecule has 0 spiro atoms. The van der Waals surface area contributed by atoms with Crippen molar-refractivity contribution in [2.24, 2.45) is 0 Å². The molecule has 0 unspecified atom stereocenters. The van der Waals surface area contributed by atoms with E-state index in [-0.39, 0.29) is 28.4 Å². The van der Waals surface area contributed by atoms with Gasteiger partial charge in [0.05, 0.1) is 16.7 Å². The molecule has 21 heavy (non-hydrogen) atoms. The molecule has 5 nitrogen and oxygen atoms in total. The lowest BCUT2D eigenvalue weighted by atomic mass is 10.2. The summed E-state index contributed by atoms with van der Waals surface area (Å²) in [4.78, 5) is -0.0987. The molecule has 0 aromatic heterocycles. The van der Waals surface area contributed by atoms with Crippen LogP contribution in [0.25, 0.3) is 0 Å². The highest BCUT2D eigenvalue weighted by Gasteiger charge is 2.40. The first-order chi connectivity index (χ1) is 9.90. The molecule has 8 heteroatoms. The molecule has 1 aromatic rings. The molecule has 1 N–H and O–H groups in total. The molecule has 0 radical (unpaired) electrons. The van der Waals surface area contributed by atoms with E-state index in [0.29, 0.717) is 6.54 Å². The van der Waals surface area contributed by atoms with Crippen LogP contribution in [0.2, 0.25) is 5.02 Å². The number of halogens is 2. The molecular formula is C13H15ClFN3O2S. The summed E-state index contributed by atoms with van der Waals surface area (Å²) in [5.41, 5.74) is 0.274. The van der Waals surface area contributed by atoms with E-state index >= 15 is 0 Å². The Kier molecular flexibility index (Phi) is 4.84. The second-order valence-electron chi connectivity index (χ2n) is 4.88. The van der Waals surface area contributed by atoms with Crippen molar-refractivity contribution in [3.05, 3.63) is 28.8 Å². The molecule has 0 aliphatic carbocycles. The van der Waals surface area contributed by atoms with Crippen LogP contribution < -0.4 is 5.32 Å². The number of sulfonamides is 1. The normalized spacial score (nSPS) is 23.1. The number of nitriles is 1. The second kappa shape index (κ2) is 6.28. The van der Waals surface area contributed by atoms with Crippen LogP contribution in [0.4, 0.5) is 4.39 Å². The standard InChI is InChI=1S/C13H15ClFN3O2S/c1-17-7-11-5-10(15)8-18(11)21(19,20)13-3-2-9(6-16)4-12(13)14/h2-4,10-11,17H,5,7-8H2,1H3/t10-,11-/m0/s1. The molecule has 114 valence electrons. The fraction of sp³-hybridized carbons (Fsp3) is 0.462. The number of nitrogens with one attached hydrogen (secondary N) is 1. The van der Waals surface area contributed by atoms with Gasteiger partial charge in [-0.2, -0.15) is 9.57 Å². The summed E-state index contributed by atoms with van der Waals surface area (Å²) in [6, 6.07) is 5.42. The minimum atomic E-state index is -3.89. The highest BCUT2D eigenvalue weighted by molar-refractivity contribution is 7.89. The van der Waals surface area contributed by atoms with E-state index in [1.54, 1.807) is 7.05 Å². The zero-order chi connectivity index (χ0) is 15.6. The molecule has 1 saturated heterocycles. The van der Waals surface area contributed by atoms with E-state index in [1.165, 1.54) is 18.2 Å². The topological polar surface area (TPSA) is 73.2 Å². The Hall–Kier alpha value is -1.20. The summed E-state index contributed by atoms with van der Waals surface area (Å²) < 4.78 is 40.0. The number of nitrogens with zero attached hydrogens (tertiary/aromatic N) is 2. The second-order valence-corrected chi connectivity index (χ2v) is 7.14. The summed E-state index contributed by atoms with van der Waals surface area (Å²) >= 11 is 5.97. The van der Waals surface area contributed by atoms with Gasteiger partial charge in [0.2, 0.25) is 10.0 Å². The molecular weight excluding hydrogens is 317 g/mol. The molecule has 1 heterocycles. The van der Waals surface area contributed by atoms with Crippen molar-refractivity contribution in [2.75, 3.05) is 20.1 Å². The third-order valence-electron chi connectivity index (χ3n) is 3.40. The van der Waals surface area contributed by atoms with E-state index in [9.17, 15) is 12.8 Å². The van der Waals surface area contributed by atoms with Crippen LogP contribution in [0.1, 0.15) is 12.0 Å². The molecule has 1 aliphatic heterocycles. The third-order valence-corrected chi connectivity index (χ3v) is 5.80. The Morgan fingerprint density at radius 2 is 2.29 bits per heavy atom. The smallest absolute Gasteiger partial charge is 0.244 e. The Morgan fingerprint density at radius 3 is 2.86 bits per heavy atom. The first kappa shape index (κ1) is 16.2. The van der Waals surface area contributed by atoms with E-state index in [4.69, 9.17) is 16.9 Å². The average molecular weight is 332 g/mol. The summed E-state index contributed by atoms with van der Waals surface area (Å²) in [5, 5.41) is 11.6. The number of alkyl halides is 1. The monoisotopic (exact) mass is 331 g/mol. The zero-order valence-electron chi connectivity index (χ0n) is 11.4. The van der Waals surface area contributed by atoms with Crippen LogP contribution in [-0.4, -0.2) is 45.1 Å². The lowest BCUT2D eigenvalue weighted by molar-refractivity contribution is 0.342. The number of hydrogen-bond donors (Lipinski definition) is 1. The van der Waals surface area contributed by atoms with Gasteiger partial charge >= 0.3 is 0 Å². The Balaban J connectivity index is 2.40. The van der Waals surface area contributed by atoms with Crippen LogP contribution in [0.15, 0.2) is 23.1 Å². The molecule has 0 amide bonds. The number of likely N-dealkylation sites (N-methyl/N-ethyl adjacent to an activating group) is 1. The Labute approximate surface area is 128 Å². The highest BCUT2D eigenvalue weighted by Crippen LogP contribution is 2.31. The van der Waals surface area contributed by atoms with Crippen LogP contribution in [0.3, 0.4) is 0 Å². The van der Waals surface area contributed by atoms with E-state index in [2.05, 4.69) is 5.32 Å². The molecule has 2 rings (SSSR count). The summed E-state index contributed by atoms with van der Waals surface area (Å²) in [6.45, 7) is 0.193. The Morgan fingerprint density at radius 1 is 1.57 bits per heavy atom. The summed E-state index contributed by atoms with van der Waals surface area (Å²) in [6.07, 6.45) is -1.02. The maximum atomic E-state index is 13.6. The minimum Gasteiger partial charge on any atom is -0.318 e. The van der Waals surface area contributed by atoms with Crippen molar-refractivity contribution in [1.29, 1.82) is 5.26 Å². The number of rotatable bonds is 4. The lowest BCUT2D eigenvalue weighted by Crippen LogP contribution is -2.40. The quantitative estimate of drug-likeness (QED) is 0.908. The van der Waals surface area contributed by atoms with Crippen molar-refractivity contribution in [3.8, 4) is 6.07 Å². The molecule has 0 saturated carbocycles. The van der Waals surface area contributed by atoms with Gasteiger partial charge in [-0.05, 0) is 31.7 Å². The van der Waals surface area contributed by atoms with E-state index < -0.39 is 22.2 Å². The van der Waals surface area contributed by atoms with Gasteiger partial charge in [-0.15, -0.1) is 0 Å². The molecule has 0 bridgehead atoms. The summed E-state index contributed by atoms with van der Waals surface area (Å²) in [7, 11) is -2.20. The van der Waals surface area contributed by atoms with Gasteiger partial charge in [-0.25, -0.2) is 12.8 Å². The van der Waals surface area contributed by atoms with E-state index in [1.807, 2.05) is 6.07 Å². The average Bonchev–Trinajstić information content (AvgIpc) is 2.80. The predicted molar refractivity (Wildman–Crippen MR) is 77.3 cm³/mol. The van der Waals surface area contributed by atoms with Crippen molar-refractivity contribution >= 4 is 21.6 Å². The predicted octanol–water partition coefficient (Wildman–Crippen LogP) is 1.53. The van der Waals surface area contributed by atoms with Gasteiger partial charge in [0, 0.05) is 19.1 Å². The van der Waals surface area contributed by atoms with Gasteiger partial charge in [0.1, 0.15) is 11.1 Å². The van der Waals surface area contributed by atoms with Crippen LogP contribution >= 0.6 is 11.6 Å². The Bertz CT molecular complexity index is 674. The third kappa shape index (κ3) is 3.19. The molecule has 2 atom stereocenters. The van der Waals surface area contributed by atoms with Gasteiger partial charge in [-0.1, -0.05) is 11.6 Å². The maximum absolute atomic E-state index is 13.6. The van der Waals surface area contributed by atoms with Gasteiger partial charge in [0.25, 0.3) is 0 Å². The van der Waals surface area contributed by atoms with Crippen LogP contribution in [-0.2, 0) is 10.0 Å². The first-order valence-electron chi connectivity index (χ1n) is 6.40. The number of benzene rings is 1. The largest absolute Gasteiger partial charge is 0.318 e. The molecule has 1 aromatic carbocycles. The van der Waals surface area contributed by atoms with Crippen molar-refractivity contribution in [2.45, 2.75) is 23.5 Å². The molecule has 1 fully saturated rings. The van der Waals surface area contributed by atoms with E-state index in [0.717, 1.165) is 4.31 Å². The van der Waals surface area contributed by atoms with Gasteiger partial charge < -0.3 is 5.32 Å². The molecule has 1 aliphatic rings. The van der Waals surface area contributed by atoms with Crippen molar-refractivity contribution < 1.29 is 12.8 Å². The van der Waals surface area contributed by atoms with Crippen LogP contribution in [0, 0.1) is 11.3 Å². The summed E-state index contributed by atoms with van der Waals surface area (Å²) in [5.74, 6) is 0. The van der Waals surface area contributed by atoms with Crippen LogP contribution in [0.5, 0.6) is 0 Å². The van der Waals surface area contributed by atoms with Crippen molar-refractivity contribution in [1.82, 2.24) is 9.62 Å². The highest BCUT2D eigenvalue weighted by atomic mass is 35.5.